The van der Waals surface area contributed by atoms with Crippen LogP contribution in [0.3, 0.4) is 0 Å². The summed E-state index contributed by atoms with van der Waals surface area (Å²) in [5.41, 5.74) is 3.29. The molecule has 1 N–H and O–H groups in total. The fourth-order valence-electron chi connectivity index (χ4n) is 1.61. The maximum absolute atomic E-state index is 13.6. The van der Waals surface area contributed by atoms with Gasteiger partial charge in [-0.15, -0.1) is 0 Å². The predicted octanol–water partition coefficient (Wildman–Crippen LogP) is 3.65. The third kappa shape index (κ3) is 1.98. The zero-order valence-electron chi connectivity index (χ0n) is 9.71. The van der Waals surface area contributed by atoms with Gasteiger partial charge in [0.2, 0.25) is 0 Å². The Morgan fingerprint density at radius 3 is 2.62 bits per heavy atom. The normalized spacial score (nSPS) is 11.1. The van der Waals surface area contributed by atoms with E-state index in [9.17, 15) is 4.39 Å². The molecular formula is C13H15FN2. The third-order valence-corrected chi connectivity index (χ3v) is 2.62. The van der Waals surface area contributed by atoms with Crippen LogP contribution in [0.2, 0.25) is 0 Å². The van der Waals surface area contributed by atoms with Gasteiger partial charge >= 0.3 is 0 Å². The fraction of sp³-hybridized carbons (Fsp3) is 0.308. The van der Waals surface area contributed by atoms with Crippen molar-refractivity contribution in [2.75, 3.05) is 0 Å². The Morgan fingerprint density at radius 1 is 1.25 bits per heavy atom. The molecule has 0 radical (unpaired) electrons. The van der Waals surface area contributed by atoms with Gasteiger partial charge in [0, 0.05) is 11.3 Å². The zero-order valence-corrected chi connectivity index (χ0v) is 9.71. The van der Waals surface area contributed by atoms with Gasteiger partial charge in [0.05, 0.1) is 5.69 Å². The van der Waals surface area contributed by atoms with Crippen LogP contribution in [-0.4, -0.2) is 10.2 Å². The van der Waals surface area contributed by atoms with E-state index in [1.54, 1.807) is 6.07 Å². The van der Waals surface area contributed by atoms with Crippen molar-refractivity contribution in [3.8, 4) is 11.3 Å². The molecule has 0 unspecified atom stereocenters. The first kappa shape index (κ1) is 10.9. The molecule has 0 spiro atoms. The van der Waals surface area contributed by atoms with Crippen molar-refractivity contribution in [3.63, 3.8) is 0 Å². The molecule has 1 aromatic heterocycles. The lowest BCUT2D eigenvalue weighted by Crippen LogP contribution is -1.85. The van der Waals surface area contributed by atoms with E-state index in [4.69, 9.17) is 0 Å². The minimum absolute atomic E-state index is 0.229. The molecule has 0 amide bonds. The number of hydrogen-bond donors (Lipinski definition) is 1. The fourth-order valence-corrected chi connectivity index (χ4v) is 1.61. The SMILES string of the molecule is Cc1ccc(F)c(-c2cc(C(C)C)[nH]n2)c1. The lowest BCUT2D eigenvalue weighted by atomic mass is 10.1. The molecule has 0 saturated heterocycles. The molecule has 0 fully saturated rings. The summed E-state index contributed by atoms with van der Waals surface area (Å²) in [6.45, 7) is 6.09. The minimum Gasteiger partial charge on any atom is -0.282 e. The monoisotopic (exact) mass is 218 g/mol. The first-order valence-electron chi connectivity index (χ1n) is 5.39. The highest BCUT2D eigenvalue weighted by molar-refractivity contribution is 5.61. The molecular weight excluding hydrogens is 203 g/mol. The van der Waals surface area contributed by atoms with E-state index in [1.165, 1.54) is 6.07 Å². The van der Waals surface area contributed by atoms with E-state index in [2.05, 4.69) is 24.0 Å². The summed E-state index contributed by atoms with van der Waals surface area (Å²) < 4.78 is 13.6. The lowest BCUT2D eigenvalue weighted by Gasteiger charge is -2.00. The number of aromatic amines is 1. The Labute approximate surface area is 94.5 Å². The molecule has 0 aliphatic carbocycles. The highest BCUT2D eigenvalue weighted by Gasteiger charge is 2.10. The van der Waals surface area contributed by atoms with Crippen molar-refractivity contribution >= 4 is 0 Å². The lowest BCUT2D eigenvalue weighted by molar-refractivity contribution is 0.630. The number of nitrogens with one attached hydrogen (secondary N) is 1. The quantitative estimate of drug-likeness (QED) is 0.819. The van der Waals surface area contributed by atoms with Crippen LogP contribution in [0.5, 0.6) is 0 Å². The van der Waals surface area contributed by atoms with Gasteiger partial charge in [0.15, 0.2) is 0 Å². The molecule has 2 aromatic rings. The van der Waals surface area contributed by atoms with Crippen LogP contribution in [0.4, 0.5) is 4.39 Å². The molecule has 0 bridgehead atoms. The highest BCUT2D eigenvalue weighted by Crippen LogP contribution is 2.24. The second-order valence-corrected chi connectivity index (χ2v) is 4.35. The van der Waals surface area contributed by atoms with E-state index in [0.29, 0.717) is 17.2 Å². The highest BCUT2D eigenvalue weighted by atomic mass is 19.1. The Morgan fingerprint density at radius 2 is 2.00 bits per heavy atom. The molecule has 0 aliphatic rings. The van der Waals surface area contributed by atoms with E-state index < -0.39 is 0 Å². The summed E-state index contributed by atoms with van der Waals surface area (Å²) in [5, 5.41) is 7.08. The van der Waals surface area contributed by atoms with E-state index in [0.717, 1.165) is 11.3 Å². The Hall–Kier alpha value is -1.64. The predicted molar refractivity (Wildman–Crippen MR) is 62.8 cm³/mol. The second kappa shape index (κ2) is 4.08. The smallest absolute Gasteiger partial charge is 0.132 e. The summed E-state index contributed by atoms with van der Waals surface area (Å²) in [4.78, 5) is 0. The summed E-state index contributed by atoms with van der Waals surface area (Å²) >= 11 is 0. The van der Waals surface area contributed by atoms with Crippen LogP contribution in [0.1, 0.15) is 31.0 Å². The van der Waals surface area contributed by atoms with Crippen molar-refractivity contribution in [2.45, 2.75) is 26.7 Å². The largest absolute Gasteiger partial charge is 0.282 e. The van der Waals surface area contributed by atoms with E-state index in [1.807, 2.05) is 19.1 Å². The molecule has 0 saturated carbocycles. The van der Waals surface area contributed by atoms with Crippen LogP contribution in [0, 0.1) is 12.7 Å². The van der Waals surface area contributed by atoms with Crippen LogP contribution >= 0.6 is 0 Å². The summed E-state index contributed by atoms with van der Waals surface area (Å²) in [5.74, 6) is 0.140. The summed E-state index contributed by atoms with van der Waals surface area (Å²) in [6, 6.07) is 6.96. The number of aromatic nitrogens is 2. The first-order chi connectivity index (χ1) is 7.58. The molecule has 3 heteroatoms. The van der Waals surface area contributed by atoms with Gasteiger partial charge in [0.25, 0.3) is 0 Å². The molecule has 1 heterocycles. The molecule has 16 heavy (non-hydrogen) atoms. The van der Waals surface area contributed by atoms with Crippen molar-refractivity contribution < 1.29 is 4.39 Å². The van der Waals surface area contributed by atoms with Crippen molar-refractivity contribution in [1.29, 1.82) is 0 Å². The van der Waals surface area contributed by atoms with Crippen LogP contribution in [0.15, 0.2) is 24.3 Å². The Kier molecular flexibility index (Phi) is 2.77. The second-order valence-electron chi connectivity index (χ2n) is 4.35. The maximum atomic E-state index is 13.6. The van der Waals surface area contributed by atoms with Gasteiger partial charge in [-0.05, 0) is 31.0 Å². The molecule has 1 aromatic carbocycles. The van der Waals surface area contributed by atoms with Crippen LogP contribution in [-0.2, 0) is 0 Å². The topological polar surface area (TPSA) is 28.7 Å². The number of aryl methyl sites for hydroxylation is 1. The van der Waals surface area contributed by atoms with E-state index >= 15 is 0 Å². The Balaban J connectivity index is 2.46. The minimum atomic E-state index is -0.229. The molecule has 0 atom stereocenters. The number of hydrogen-bond acceptors (Lipinski definition) is 1. The zero-order chi connectivity index (χ0) is 11.7. The van der Waals surface area contributed by atoms with Gasteiger partial charge in [-0.2, -0.15) is 5.10 Å². The van der Waals surface area contributed by atoms with Gasteiger partial charge in [0.1, 0.15) is 5.82 Å². The molecule has 2 nitrogen and oxygen atoms in total. The van der Waals surface area contributed by atoms with Crippen LogP contribution in [0.25, 0.3) is 11.3 Å². The first-order valence-corrected chi connectivity index (χ1v) is 5.39. The average molecular weight is 218 g/mol. The average Bonchev–Trinajstić information content (AvgIpc) is 2.70. The number of H-pyrrole nitrogens is 1. The maximum Gasteiger partial charge on any atom is 0.132 e. The van der Waals surface area contributed by atoms with E-state index in [-0.39, 0.29) is 5.82 Å². The summed E-state index contributed by atoms with van der Waals surface area (Å²) in [6.07, 6.45) is 0. The van der Waals surface area contributed by atoms with Crippen LogP contribution < -0.4 is 0 Å². The number of halogens is 1. The van der Waals surface area contributed by atoms with Gasteiger partial charge in [-0.3, -0.25) is 5.10 Å². The van der Waals surface area contributed by atoms with Gasteiger partial charge in [-0.25, -0.2) is 4.39 Å². The van der Waals surface area contributed by atoms with Crippen molar-refractivity contribution in [1.82, 2.24) is 10.2 Å². The standard InChI is InChI=1S/C13H15FN2/c1-8(2)12-7-13(16-15-12)10-6-9(3)4-5-11(10)14/h4-8H,1-3H3,(H,15,16). The van der Waals surface area contributed by atoms with Gasteiger partial charge < -0.3 is 0 Å². The van der Waals surface area contributed by atoms with Crippen molar-refractivity contribution in [2.24, 2.45) is 0 Å². The third-order valence-electron chi connectivity index (χ3n) is 2.62. The Bertz CT molecular complexity index is 500. The number of nitrogens with zero attached hydrogens (tertiary/aromatic N) is 1. The van der Waals surface area contributed by atoms with Gasteiger partial charge in [-0.1, -0.05) is 25.5 Å². The van der Waals surface area contributed by atoms with Crippen molar-refractivity contribution in [3.05, 3.63) is 41.3 Å². The molecule has 2 rings (SSSR count). The number of benzene rings is 1. The molecule has 84 valence electrons. The summed E-state index contributed by atoms with van der Waals surface area (Å²) in [7, 11) is 0. The number of rotatable bonds is 2. The molecule has 0 aliphatic heterocycles.